The first-order valence-electron chi connectivity index (χ1n) is 7.78. The molecule has 1 rings (SSSR count). The number of nitrogens with one attached hydrogen (secondary N) is 2. The van der Waals surface area contributed by atoms with E-state index in [2.05, 4.69) is 36.3 Å². The minimum Gasteiger partial charge on any atom is -0.393 e. The molecule has 2 amide bonds. The number of amides is 2. The van der Waals surface area contributed by atoms with Crippen molar-refractivity contribution >= 4 is 6.03 Å². The fraction of sp³-hybridized carbons (Fsp3) is 0.933. The van der Waals surface area contributed by atoms with E-state index in [-0.39, 0.29) is 17.6 Å². The molecule has 0 aliphatic carbocycles. The molecule has 1 heterocycles. The summed E-state index contributed by atoms with van der Waals surface area (Å²) in [6.45, 7) is 11.5. The van der Waals surface area contributed by atoms with Gasteiger partial charge in [0.1, 0.15) is 0 Å². The largest absolute Gasteiger partial charge is 0.393 e. The third-order valence-corrected chi connectivity index (χ3v) is 3.98. The number of carbonyl (C=O) groups excluding carboxylic acids is 1. The highest BCUT2D eigenvalue weighted by atomic mass is 16.3. The summed E-state index contributed by atoms with van der Waals surface area (Å²) in [5.74, 6) is 0. The Morgan fingerprint density at radius 2 is 2.15 bits per heavy atom. The second-order valence-electron chi connectivity index (χ2n) is 6.71. The van der Waals surface area contributed by atoms with Gasteiger partial charge in [0, 0.05) is 19.1 Å². The summed E-state index contributed by atoms with van der Waals surface area (Å²) >= 11 is 0. The van der Waals surface area contributed by atoms with E-state index in [1.165, 1.54) is 12.8 Å². The Bertz CT molecular complexity index is 305. The minimum atomic E-state index is -0.341. The molecule has 1 saturated heterocycles. The molecule has 0 saturated carbocycles. The van der Waals surface area contributed by atoms with Gasteiger partial charge < -0.3 is 15.7 Å². The number of carbonyl (C=O) groups is 1. The molecular formula is C15H31N3O2. The van der Waals surface area contributed by atoms with E-state index < -0.39 is 0 Å². The topological polar surface area (TPSA) is 64.6 Å². The van der Waals surface area contributed by atoms with Crippen LogP contribution in [-0.4, -0.2) is 54.4 Å². The maximum absolute atomic E-state index is 11.8. The van der Waals surface area contributed by atoms with Crippen molar-refractivity contribution in [3.8, 4) is 0 Å². The molecule has 0 spiro atoms. The zero-order chi connectivity index (χ0) is 15.2. The van der Waals surface area contributed by atoms with Crippen molar-refractivity contribution in [2.24, 2.45) is 5.41 Å². The molecule has 0 aromatic rings. The monoisotopic (exact) mass is 285 g/mol. The van der Waals surface area contributed by atoms with Gasteiger partial charge in [-0.15, -0.1) is 0 Å². The van der Waals surface area contributed by atoms with Crippen molar-refractivity contribution in [3.05, 3.63) is 0 Å². The summed E-state index contributed by atoms with van der Waals surface area (Å²) in [6.07, 6.45) is 2.73. The Kier molecular flexibility index (Phi) is 6.76. The zero-order valence-electron chi connectivity index (χ0n) is 13.4. The van der Waals surface area contributed by atoms with E-state index in [0.717, 1.165) is 19.6 Å². The van der Waals surface area contributed by atoms with Crippen LogP contribution >= 0.6 is 0 Å². The Balaban J connectivity index is 2.23. The van der Waals surface area contributed by atoms with Crippen LogP contribution in [0, 0.1) is 5.41 Å². The van der Waals surface area contributed by atoms with Crippen LogP contribution in [-0.2, 0) is 0 Å². The number of aliphatic hydroxyl groups is 1. The molecule has 1 fully saturated rings. The first-order chi connectivity index (χ1) is 9.34. The summed E-state index contributed by atoms with van der Waals surface area (Å²) < 4.78 is 0. The van der Waals surface area contributed by atoms with Crippen LogP contribution in [0.25, 0.3) is 0 Å². The number of rotatable bonds is 7. The summed E-state index contributed by atoms with van der Waals surface area (Å²) in [5.41, 5.74) is -0.0890. The first kappa shape index (κ1) is 17.2. The SMILES string of the molecule is CCN1CCCC1CNC(=O)NCC(C)(C)CC(C)O. The molecule has 1 aliphatic rings. The van der Waals surface area contributed by atoms with Crippen LogP contribution in [0.4, 0.5) is 4.79 Å². The number of aliphatic hydroxyl groups excluding tert-OH is 1. The average Bonchev–Trinajstić information content (AvgIpc) is 2.79. The van der Waals surface area contributed by atoms with Crippen molar-refractivity contribution < 1.29 is 9.90 Å². The molecule has 5 heteroatoms. The molecule has 2 unspecified atom stereocenters. The van der Waals surface area contributed by atoms with E-state index in [1.54, 1.807) is 6.92 Å². The van der Waals surface area contributed by atoms with Gasteiger partial charge in [0.25, 0.3) is 0 Å². The van der Waals surface area contributed by atoms with Crippen molar-refractivity contribution in [3.63, 3.8) is 0 Å². The van der Waals surface area contributed by atoms with Gasteiger partial charge in [0.15, 0.2) is 0 Å². The van der Waals surface area contributed by atoms with Gasteiger partial charge >= 0.3 is 6.03 Å². The highest BCUT2D eigenvalue weighted by Crippen LogP contribution is 2.21. The molecule has 0 aromatic carbocycles. The number of nitrogens with zero attached hydrogens (tertiary/aromatic N) is 1. The molecule has 5 nitrogen and oxygen atoms in total. The number of urea groups is 1. The predicted molar refractivity (Wildman–Crippen MR) is 81.7 cm³/mol. The van der Waals surface area contributed by atoms with Crippen molar-refractivity contribution in [1.82, 2.24) is 15.5 Å². The van der Waals surface area contributed by atoms with Gasteiger partial charge in [0.2, 0.25) is 0 Å². The van der Waals surface area contributed by atoms with Gasteiger partial charge in [-0.25, -0.2) is 4.79 Å². The maximum atomic E-state index is 11.8. The summed E-state index contributed by atoms with van der Waals surface area (Å²) in [7, 11) is 0. The Morgan fingerprint density at radius 1 is 1.45 bits per heavy atom. The third kappa shape index (κ3) is 6.09. The summed E-state index contributed by atoms with van der Waals surface area (Å²) in [4.78, 5) is 14.2. The average molecular weight is 285 g/mol. The van der Waals surface area contributed by atoms with Crippen LogP contribution in [0.2, 0.25) is 0 Å². The van der Waals surface area contributed by atoms with Crippen LogP contribution in [0.3, 0.4) is 0 Å². The van der Waals surface area contributed by atoms with Gasteiger partial charge in [-0.1, -0.05) is 20.8 Å². The van der Waals surface area contributed by atoms with E-state index in [0.29, 0.717) is 19.0 Å². The van der Waals surface area contributed by atoms with Crippen molar-refractivity contribution in [2.75, 3.05) is 26.2 Å². The number of hydrogen-bond donors (Lipinski definition) is 3. The number of likely N-dealkylation sites (tertiary alicyclic amines) is 1. The third-order valence-electron chi connectivity index (χ3n) is 3.98. The normalized spacial score (nSPS) is 21.8. The lowest BCUT2D eigenvalue weighted by Gasteiger charge is -2.27. The molecular weight excluding hydrogens is 254 g/mol. The molecule has 1 aliphatic heterocycles. The van der Waals surface area contributed by atoms with Crippen molar-refractivity contribution in [2.45, 2.75) is 59.1 Å². The van der Waals surface area contributed by atoms with Crippen LogP contribution in [0.5, 0.6) is 0 Å². The summed E-state index contributed by atoms with van der Waals surface area (Å²) in [5, 5.41) is 15.3. The molecule has 3 N–H and O–H groups in total. The lowest BCUT2D eigenvalue weighted by Crippen LogP contribution is -2.46. The molecule has 2 atom stereocenters. The molecule has 20 heavy (non-hydrogen) atoms. The van der Waals surface area contributed by atoms with Gasteiger partial charge in [-0.3, -0.25) is 4.90 Å². The quantitative estimate of drug-likeness (QED) is 0.665. The fourth-order valence-electron chi connectivity index (χ4n) is 3.01. The Morgan fingerprint density at radius 3 is 2.75 bits per heavy atom. The standard InChI is InChI=1S/C15H31N3O2/c1-5-18-8-6-7-13(18)10-16-14(20)17-11-15(3,4)9-12(2)19/h12-13,19H,5-11H2,1-4H3,(H2,16,17,20). The van der Waals surface area contributed by atoms with E-state index in [1.807, 2.05) is 0 Å². The van der Waals surface area contributed by atoms with Crippen LogP contribution in [0.1, 0.15) is 47.0 Å². The lowest BCUT2D eigenvalue weighted by atomic mass is 9.87. The van der Waals surface area contributed by atoms with Crippen molar-refractivity contribution in [1.29, 1.82) is 0 Å². The maximum Gasteiger partial charge on any atom is 0.314 e. The fourth-order valence-corrected chi connectivity index (χ4v) is 3.01. The van der Waals surface area contributed by atoms with Crippen LogP contribution in [0.15, 0.2) is 0 Å². The van der Waals surface area contributed by atoms with E-state index in [9.17, 15) is 9.90 Å². The lowest BCUT2D eigenvalue weighted by molar-refractivity contribution is 0.128. The highest BCUT2D eigenvalue weighted by molar-refractivity contribution is 5.73. The molecule has 0 aromatic heterocycles. The molecule has 0 bridgehead atoms. The van der Waals surface area contributed by atoms with E-state index >= 15 is 0 Å². The molecule has 0 radical (unpaired) electrons. The smallest absolute Gasteiger partial charge is 0.314 e. The predicted octanol–water partition coefficient (Wildman–Crippen LogP) is 1.57. The highest BCUT2D eigenvalue weighted by Gasteiger charge is 2.24. The Hall–Kier alpha value is -0.810. The van der Waals surface area contributed by atoms with Gasteiger partial charge in [0.05, 0.1) is 6.10 Å². The van der Waals surface area contributed by atoms with Gasteiger partial charge in [-0.05, 0) is 44.7 Å². The van der Waals surface area contributed by atoms with Crippen LogP contribution < -0.4 is 10.6 Å². The number of likely N-dealkylation sites (N-methyl/N-ethyl adjacent to an activating group) is 1. The Labute approximate surface area is 123 Å². The minimum absolute atomic E-state index is 0.0890. The second-order valence-corrected chi connectivity index (χ2v) is 6.71. The first-order valence-corrected chi connectivity index (χ1v) is 7.78. The molecule has 118 valence electrons. The van der Waals surface area contributed by atoms with E-state index in [4.69, 9.17) is 0 Å². The zero-order valence-corrected chi connectivity index (χ0v) is 13.4. The number of hydrogen-bond acceptors (Lipinski definition) is 3. The second kappa shape index (κ2) is 7.84. The van der Waals surface area contributed by atoms with Gasteiger partial charge in [-0.2, -0.15) is 0 Å². The summed E-state index contributed by atoms with van der Waals surface area (Å²) in [6, 6.07) is 0.378.